The summed E-state index contributed by atoms with van der Waals surface area (Å²) < 4.78 is 37.6. The molecule has 0 spiro atoms. The second-order valence-corrected chi connectivity index (χ2v) is 3.32. The van der Waals surface area contributed by atoms with Crippen molar-refractivity contribution in [2.45, 2.75) is 25.9 Å². The van der Waals surface area contributed by atoms with Crippen molar-refractivity contribution < 1.29 is 18.3 Å². The highest BCUT2D eigenvalue weighted by molar-refractivity contribution is 5.56. The molecule has 0 aliphatic carbocycles. The molecule has 0 saturated carbocycles. The second-order valence-electron chi connectivity index (χ2n) is 3.32. The number of phenolic OH excluding ortho intramolecular Hbond substituents is 1. The summed E-state index contributed by atoms with van der Waals surface area (Å²) in [6, 6.07) is 1.86. The summed E-state index contributed by atoms with van der Waals surface area (Å²) in [6.45, 7) is 1.78. The Kier molecular flexibility index (Phi) is 3.12. The van der Waals surface area contributed by atoms with Crippen LogP contribution in [0, 0.1) is 0 Å². The van der Waals surface area contributed by atoms with Gasteiger partial charge in [0.2, 0.25) is 0 Å². The Labute approximate surface area is 85.5 Å². The predicted octanol–water partition coefficient (Wildman–Crippen LogP) is 2.95. The highest BCUT2D eigenvalue weighted by Crippen LogP contribution is 2.37. The van der Waals surface area contributed by atoms with Crippen LogP contribution in [0.1, 0.15) is 24.5 Å². The smallest absolute Gasteiger partial charge is 0.416 e. The van der Waals surface area contributed by atoms with Crippen molar-refractivity contribution in [3.63, 3.8) is 0 Å². The van der Waals surface area contributed by atoms with Crippen LogP contribution in [0.5, 0.6) is 5.75 Å². The Morgan fingerprint density at radius 1 is 1.33 bits per heavy atom. The number of hydrogen-bond donors (Lipinski definition) is 2. The molecule has 0 aromatic heterocycles. The number of anilines is 1. The molecule has 84 valence electrons. The van der Waals surface area contributed by atoms with E-state index in [1.54, 1.807) is 6.92 Å². The van der Waals surface area contributed by atoms with Gasteiger partial charge in [-0.15, -0.1) is 0 Å². The minimum absolute atomic E-state index is 0.0218. The summed E-state index contributed by atoms with van der Waals surface area (Å²) in [5.74, 6) is -0.526. The minimum Gasteiger partial charge on any atom is -0.506 e. The third-order valence-electron chi connectivity index (χ3n) is 2.08. The molecule has 0 radical (unpaired) electrons. The summed E-state index contributed by atoms with van der Waals surface area (Å²) in [6.07, 6.45) is -3.57. The van der Waals surface area contributed by atoms with Crippen LogP contribution in [0.3, 0.4) is 0 Å². The third kappa shape index (κ3) is 2.55. The Morgan fingerprint density at radius 3 is 2.40 bits per heavy atom. The van der Waals surface area contributed by atoms with Crippen molar-refractivity contribution in [1.29, 1.82) is 0 Å². The number of phenols is 1. The van der Waals surface area contributed by atoms with Crippen LogP contribution in [0.2, 0.25) is 0 Å². The van der Waals surface area contributed by atoms with E-state index in [1.165, 1.54) is 6.07 Å². The molecule has 0 unspecified atom stereocenters. The topological polar surface area (TPSA) is 46.2 Å². The van der Waals surface area contributed by atoms with Crippen LogP contribution in [0.25, 0.3) is 0 Å². The van der Waals surface area contributed by atoms with E-state index < -0.39 is 17.5 Å². The van der Waals surface area contributed by atoms with E-state index >= 15 is 0 Å². The summed E-state index contributed by atoms with van der Waals surface area (Å²) in [4.78, 5) is 0. The van der Waals surface area contributed by atoms with Crippen molar-refractivity contribution >= 4 is 5.69 Å². The minimum atomic E-state index is -4.45. The molecule has 1 aromatic rings. The fraction of sp³-hybridized carbons (Fsp3) is 0.400. The van der Waals surface area contributed by atoms with Gasteiger partial charge in [0.1, 0.15) is 5.75 Å². The molecule has 5 heteroatoms. The molecular weight excluding hydrogens is 207 g/mol. The molecule has 1 aromatic carbocycles. The van der Waals surface area contributed by atoms with Gasteiger partial charge in [0.15, 0.2) is 0 Å². The first-order valence-corrected chi connectivity index (χ1v) is 4.54. The Bertz CT molecular complexity index is 360. The molecule has 0 amide bonds. The van der Waals surface area contributed by atoms with E-state index in [0.29, 0.717) is 18.9 Å². The van der Waals surface area contributed by atoms with Crippen molar-refractivity contribution in [2.24, 2.45) is 0 Å². The first-order valence-electron chi connectivity index (χ1n) is 4.54. The van der Waals surface area contributed by atoms with Gasteiger partial charge in [-0.1, -0.05) is 13.3 Å². The lowest BCUT2D eigenvalue weighted by Crippen LogP contribution is -2.09. The Morgan fingerprint density at radius 2 is 1.93 bits per heavy atom. The lowest BCUT2D eigenvalue weighted by atomic mass is 10.0. The molecule has 2 nitrogen and oxygen atoms in total. The molecule has 0 aliphatic rings. The third-order valence-corrected chi connectivity index (χ3v) is 2.08. The molecule has 0 heterocycles. The van der Waals surface area contributed by atoms with Gasteiger partial charge < -0.3 is 10.8 Å². The van der Waals surface area contributed by atoms with E-state index in [2.05, 4.69) is 0 Å². The molecule has 3 N–H and O–H groups in total. The molecule has 15 heavy (non-hydrogen) atoms. The van der Waals surface area contributed by atoms with Crippen LogP contribution in [0.4, 0.5) is 18.9 Å². The number of nitrogen functional groups attached to an aromatic ring is 1. The number of hydrogen-bond acceptors (Lipinski definition) is 2. The number of aromatic hydroxyl groups is 1. The van der Waals surface area contributed by atoms with Gasteiger partial charge in [0, 0.05) is 0 Å². The molecule has 0 atom stereocenters. The lowest BCUT2D eigenvalue weighted by Gasteiger charge is -2.13. The van der Waals surface area contributed by atoms with E-state index in [-0.39, 0.29) is 11.3 Å². The van der Waals surface area contributed by atoms with Crippen LogP contribution in [-0.2, 0) is 12.6 Å². The van der Waals surface area contributed by atoms with Crippen LogP contribution >= 0.6 is 0 Å². The molecule has 0 aliphatic heterocycles. The van der Waals surface area contributed by atoms with Gasteiger partial charge in [-0.3, -0.25) is 0 Å². The predicted molar refractivity (Wildman–Crippen MR) is 51.5 cm³/mol. The van der Waals surface area contributed by atoms with Crippen LogP contribution in [-0.4, -0.2) is 5.11 Å². The van der Waals surface area contributed by atoms with Gasteiger partial charge in [0.05, 0.1) is 11.3 Å². The zero-order valence-corrected chi connectivity index (χ0v) is 8.23. The standard InChI is InChI=1S/C10H12F3NO/c1-2-3-6-4-8(14)9(15)5-7(6)10(11,12)13/h4-5,15H,2-3,14H2,1H3. The molecule has 1 rings (SSSR count). The molecular formula is C10H12F3NO. The largest absolute Gasteiger partial charge is 0.506 e. The number of halogens is 3. The van der Waals surface area contributed by atoms with Gasteiger partial charge in [-0.25, -0.2) is 0 Å². The maximum absolute atomic E-state index is 12.5. The van der Waals surface area contributed by atoms with Gasteiger partial charge in [0.25, 0.3) is 0 Å². The fourth-order valence-corrected chi connectivity index (χ4v) is 1.39. The van der Waals surface area contributed by atoms with E-state index in [0.717, 1.165) is 0 Å². The number of rotatable bonds is 2. The average molecular weight is 219 g/mol. The Hall–Kier alpha value is -1.39. The van der Waals surface area contributed by atoms with Crippen LogP contribution in [0.15, 0.2) is 12.1 Å². The van der Waals surface area contributed by atoms with Crippen LogP contribution < -0.4 is 5.73 Å². The summed E-state index contributed by atoms with van der Waals surface area (Å²) >= 11 is 0. The summed E-state index contributed by atoms with van der Waals surface area (Å²) in [5, 5.41) is 9.13. The number of aryl methyl sites for hydroxylation is 1. The van der Waals surface area contributed by atoms with Crippen molar-refractivity contribution in [1.82, 2.24) is 0 Å². The highest BCUT2D eigenvalue weighted by Gasteiger charge is 2.33. The normalized spacial score (nSPS) is 11.7. The van der Waals surface area contributed by atoms with Gasteiger partial charge >= 0.3 is 6.18 Å². The number of nitrogens with two attached hydrogens (primary N) is 1. The van der Waals surface area contributed by atoms with Gasteiger partial charge in [-0.2, -0.15) is 13.2 Å². The Balaban J connectivity index is 3.28. The fourth-order valence-electron chi connectivity index (χ4n) is 1.39. The zero-order chi connectivity index (χ0) is 11.6. The highest BCUT2D eigenvalue weighted by atomic mass is 19.4. The summed E-state index contributed by atoms with van der Waals surface area (Å²) in [5.41, 5.74) is 4.64. The number of benzene rings is 1. The SMILES string of the molecule is CCCc1cc(N)c(O)cc1C(F)(F)F. The summed E-state index contributed by atoms with van der Waals surface area (Å²) in [7, 11) is 0. The van der Waals surface area contributed by atoms with E-state index in [4.69, 9.17) is 10.8 Å². The second kappa shape index (κ2) is 4.00. The number of alkyl halides is 3. The van der Waals surface area contributed by atoms with Crippen molar-refractivity contribution in [2.75, 3.05) is 5.73 Å². The lowest BCUT2D eigenvalue weighted by molar-refractivity contribution is -0.138. The quantitative estimate of drug-likeness (QED) is 0.593. The van der Waals surface area contributed by atoms with E-state index in [9.17, 15) is 13.2 Å². The zero-order valence-electron chi connectivity index (χ0n) is 8.23. The first kappa shape index (κ1) is 11.7. The van der Waals surface area contributed by atoms with E-state index in [1.807, 2.05) is 0 Å². The molecule has 0 fully saturated rings. The molecule has 0 saturated heterocycles. The molecule has 0 bridgehead atoms. The maximum Gasteiger partial charge on any atom is 0.416 e. The average Bonchev–Trinajstić information content (AvgIpc) is 2.09. The maximum atomic E-state index is 12.5. The van der Waals surface area contributed by atoms with Crippen molar-refractivity contribution in [3.05, 3.63) is 23.3 Å². The van der Waals surface area contributed by atoms with Crippen molar-refractivity contribution in [3.8, 4) is 5.75 Å². The van der Waals surface area contributed by atoms with Gasteiger partial charge in [-0.05, 0) is 24.1 Å². The first-order chi connectivity index (χ1) is 6.86. The monoisotopic (exact) mass is 219 g/mol.